The fraction of sp³-hybridized carbons (Fsp3) is 0.0123. The molecule has 12 aromatic carbocycles. The van der Waals surface area contributed by atoms with Crippen LogP contribution >= 0.6 is 0 Å². The van der Waals surface area contributed by atoms with Crippen LogP contribution in [0.15, 0.2) is 303 Å². The van der Waals surface area contributed by atoms with Crippen molar-refractivity contribution in [1.82, 2.24) is 49.0 Å². The lowest BCUT2D eigenvalue weighted by Gasteiger charge is -2.30. The quantitative estimate of drug-likeness (QED) is 0.133. The van der Waals surface area contributed by atoms with Gasteiger partial charge in [-0.25, -0.2) is 39.9 Å². The molecule has 10 heteroatoms. The second-order valence-corrected chi connectivity index (χ2v) is 23.0. The minimum absolute atomic E-state index is 0.557. The molecule has 1 spiro atoms. The van der Waals surface area contributed by atoms with Crippen LogP contribution in [-0.4, -0.2) is 49.0 Å². The molecule has 0 atom stereocenters. The summed E-state index contributed by atoms with van der Waals surface area (Å²) in [6.45, 7) is 0. The zero-order valence-electron chi connectivity index (χ0n) is 48.8. The van der Waals surface area contributed by atoms with Gasteiger partial charge in [-0.2, -0.15) is 0 Å². The zero-order chi connectivity index (χ0) is 60.0. The first kappa shape index (κ1) is 51.8. The van der Waals surface area contributed by atoms with Crippen molar-refractivity contribution in [1.29, 1.82) is 0 Å². The predicted molar refractivity (Wildman–Crippen MR) is 362 cm³/mol. The van der Waals surface area contributed by atoms with Gasteiger partial charge in [0.25, 0.3) is 0 Å². The Morgan fingerprint density at radius 1 is 0.220 bits per heavy atom. The van der Waals surface area contributed by atoms with Crippen molar-refractivity contribution in [3.05, 3.63) is 326 Å². The van der Waals surface area contributed by atoms with Gasteiger partial charge in [-0.15, -0.1) is 0 Å². The Morgan fingerprint density at radius 2 is 0.527 bits per heavy atom. The third-order valence-corrected chi connectivity index (χ3v) is 17.9. The Hall–Kier alpha value is -12.4. The summed E-state index contributed by atoms with van der Waals surface area (Å²) < 4.78 is 4.45. The van der Waals surface area contributed by atoms with E-state index in [0.717, 1.165) is 123 Å². The standard InChI is InChI=1S/C81H50N10/c1-5-25-51(26-6-1)73-84-75(55-33-21-35-57(49-55)90-69-47-19-17-45-67(69)82-79(90)53-29-9-3-10-30-53)88-77(86-73)61-39-23-43-65-71(61)59-37-13-15-41-63(59)81(65)64-42-16-14-38-60(64)72-62(40-24-44-66(72)81)78-87-74(52-27-7-2-8-28-52)85-76(89-78)56-34-22-36-58(50-56)91-70-48-20-18-46-68(70)83-80(91)54-31-11-4-12-32-54/h1-50H. The molecule has 2 aliphatic carbocycles. The van der Waals surface area contributed by atoms with Crippen molar-refractivity contribution in [2.45, 2.75) is 5.41 Å². The van der Waals surface area contributed by atoms with Crippen LogP contribution in [0.25, 0.3) is 147 Å². The molecule has 0 fully saturated rings. The monoisotopic (exact) mass is 1160 g/mol. The first-order valence-corrected chi connectivity index (χ1v) is 30.5. The summed E-state index contributed by atoms with van der Waals surface area (Å²) >= 11 is 0. The van der Waals surface area contributed by atoms with Gasteiger partial charge >= 0.3 is 0 Å². The van der Waals surface area contributed by atoms with Gasteiger partial charge in [0.1, 0.15) is 11.6 Å². The largest absolute Gasteiger partial charge is 0.292 e. The predicted octanol–water partition coefficient (Wildman–Crippen LogP) is 18.4. The van der Waals surface area contributed by atoms with Crippen LogP contribution in [0.3, 0.4) is 0 Å². The molecule has 0 amide bonds. The lowest BCUT2D eigenvalue weighted by atomic mass is 9.70. The molecule has 0 radical (unpaired) electrons. The van der Waals surface area contributed by atoms with Gasteiger partial charge in [0, 0.05) is 55.9 Å². The Balaban J connectivity index is 0.814. The van der Waals surface area contributed by atoms with E-state index in [0.29, 0.717) is 34.9 Å². The van der Waals surface area contributed by atoms with Crippen molar-refractivity contribution in [3.8, 4) is 125 Å². The summed E-state index contributed by atoms with van der Waals surface area (Å²) in [5.74, 6) is 5.12. The molecule has 0 bridgehead atoms. The van der Waals surface area contributed by atoms with E-state index in [1.807, 2.05) is 60.7 Å². The van der Waals surface area contributed by atoms with Crippen molar-refractivity contribution in [2.75, 3.05) is 0 Å². The SMILES string of the molecule is c1ccc(-c2nc(-c3cccc(-n4c(-c5ccccc5)nc5ccccc54)c3)nc(-c3cccc4c3-c3ccccc3C43c4ccccc4-c4c(-c5nc(-c6ccccc6)nc(-c6cccc(-n7c(-c8ccccc8)nc8ccccc87)c6)n5)cccc43)n2)cc1. The molecule has 424 valence electrons. The van der Waals surface area contributed by atoms with Crippen molar-refractivity contribution >= 4 is 22.1 Å². The van der Waals surface area contributed by atoms with Crippen molar-refractivity contribution in [3.63, 3.8) is 0 Å². The molecule has 18 rings (SSSR count). The van der Waals surface area contributed by atoms with Gasteiger partial charge in [0.15, 0.2) is 34.9 Å². The number of rotatable bonds is 10. The molecule has 4 aromatic heterocycles. The van der Waals surface area contributed by atoms with Crippen molar-refractivity contribution < 1.29 is 0 Å². The van der Waals surface area contributed by atoms with E-state index in [1.165, 1.54) is 11.1 Å². The number of aromatic nitrogens is 10. The zero-order valence-corrected chi connectivity index (χ0v) is 48.8. The summed E-state index contributed by atoms with van der Waals surface area (Å²) in [5, 5.41) is 0. The van der Waals surface area contributed by atoms with E-state index in [2.05, 4.69) is 252 Å². The van der Waals surface area contributed by atoms with Crippen LogP contribution < -0.4 is 0 Å². The summed E-state index contributed by atoms with van der Waals surface area (Å²) in [5.41, 5.74) is 21.3. The van der Waals surface area contributed by atoms with Crippen LogP contribution in [0.4, 0.5) is 0 Å². The van der Waals surface area contributed by atoms with Crippen LogP contribution in [-0.2, 0) is 5.41 Å². The summed E-state index contributed by atoms with van der Waals surface area (Å²) in [7, 11) is 0. The number of fused-ring (bicyclic) bond motifs is 12. The molecule has 0 saturated heterocycles. The number of benzene rings is 12. The van der Waals surface area contributed by atoms with Crippen LogP contribution in [0.5, 0.6) is 0 Å². The summed E-state index contributed by atoms with van der Waals surface area (Å²) in [6, 6.07) is 106. The van der Waals surface area contributed by atoms with E-state index in [4.69, 9.17) is 39.9 Å². The number of hydrogen-bond donors (Lipinski definition) is 0. The van der Waals surface area contributed by atoms with E-state index in [1.54, 1.807) is 0 Å². The van der Waals surface area contributed by atoms with Crippen LogP contribution in [0.2, 0.25) is 0 Å². The number of imidazole rings is 2. The maximum atomic E-state index is 5.52. The minimum Gasteiger partial charge on any atom is -0.292 e. The molecule has 16 aromatic rings. The molecule has 10 nitrogen and oxygen atoms in total. The van der Waals surface area contributed by atoms with E-state index in [-0.39, 0.29) is 0 Å². The Bertz CT molecular complexity index is 5200. The maximum Gasteiger partial charge on any atom is 0.164 e. The Morgan fingerprint density at radius 3 is 0.956 bits per heavy atom. The lowest BCUT2D eigenvalue weighted by molar-refractivity contribution is 0.794. The fourth-order valence-electron chi connectivity index (χ4n) is 14.0. The van der Waals surface area contributed by atoms with Crippen LogP contribution in [0, 0.1) is 0 Å². The number of para-hydroxylation sites is 4. The highest BCUT2D eigenvalue weighted by Gasteiger charge is 2.53. The molecule has 0 unspecified atom stereocenters. The molecule has 0 aliphatic heterocycles. The molecule has 0 saturated carbocycles. The highest BCUT2D eigenvalue weighted by Crippen LogP contribution is 2.65. The van der Waals surface area contributed by atoms with Gasteiger partial charge in [0.05, 0.1) is 27.5 Å². The minimum atomic E-state index is -0.753. The van der Waals surface area contributed by atoms with Gasteiger partial charge in [-0.3, -0.25) is 9.13 Å². The smallest absolute Gasteiger partial charge is 0.164 e. The van der Waals surface area contributed by atoms with E-state index in [9.17, 15) is 0 Å². The Labute approximate surface area is 523 Å². The third-order valence-electron chi connectivity index (χ3n) is 17.9. The third kappa shape index (κ3) is 8.27. The molecule has 2 aliphatic rings. The second kappa shape index (κ2) is 20.9. The van der Waals surface area contributed by atoms with Gasteiger partial charge in [-0.05, 0) is 93.0 Å². The van der Waals surface area contributed by atoms with E-state index >= 15 is 0 Å². The average Bonchev–Trinajstić information content (AvgIpc) is 1.51. The van der Waals surface area contributed by atoms with E-state index < -0.39 is 5.41 Å². The maximum absolute atomic E-state index is 5.52. The molecular weight excluding hydrogens is 1110 g/mol. The molecule has 4 heterocycles. The normalized spacial score (nSPS) is 12.5. The fourth-order valence-corrected chi connectivity index (χ4v) is 14.0. The first-order valence-electron chi connectivity index (χ1n) is 30.5. The van der Waals surface area contributed by atoms with Gasteiger partial charge in [-0.1, -0.05) is 255 Å². The highest BCUT2D eigenvalue weighted by molar-refractivity contribution is 6.02. The first-order chi connectivity index (χ1) is 45.1. The molecule has 0 N–H and O–H groups in total. The highest BCUT2D eigenvalue weighted by atomic mass is 15.1. The van der Waals surface area contributed by atoms with Crippen LogP contribution in [0.1, 0.15) is 22.3 Å². The summed E-state index contributed by atoms with van der Waals surface area (Å²) in [6.07, 6.45) is 0. The topological polar surface area (TPSA) is 113 Å². The number of hydrogen-bond acceptors (Lipinski definition) is 8. The van der Waals surface area contributed by atoms with Gasteiger partial charge < -0.3 is 0 Å². The van der Waals surface area contributed by atoms with Gasteiger partial charge in [0.2, 0.25) is 0 Å². The molecule has 91 heavy (non-hydrogen) atoms. The lowest BCUT2D eigenvalue weighted by Crippen LogP contribution is -2.25. The molecular formula is C81H50N10. The average molecular weight is 1160 g/mol. The Kier molecular flexibility index (Phi) is 11.9. The second-order valence-electron chi connectivity index (χ2n) is 23.0. The summed E-state index contributed by atoms with van der Waals surface area (Å²) in [4.78, 5) is 42.8. The van der Waals surface area contributed by atoms with Crippen molar-refractivity contribution in [2.24, 2.45) is 0 Å². The number of nitrogens with zero attached hydrogens (tertiary/aromatic N) is 10.